The molecule has 4 rings (SSSR count). The van der Waals surface area contributed by atoms with Gasteiger partial charge in [0.25, 0.3) is 5.91 Å². The number of anilines is 1. The van der Waals surface area contributed by atoms with Crippen LogP contribution < -0.4 is 10.2 Å². The summed E-state index contributed by atoms with van der Waals surface area (Å²) in [7, 11) is 0. The van der Waals surface area contributed by atoms with E-state index in [-0.39, 0.29) is 17.9 Å². The minimum atomic E-state index is -0.187. The molecule has 1 atom stereocenters. The number of hydrogen-bond acceptors (Lipinski definition) is 3. The van der Waals surface area contributed by atoms with Gasteiger partial charge in [0.2, 0.25) is 5.91 Å². The zero-order chi connectivity index (χ0) is 20.2. The average molecular weight is 405 g/mol. The summed E-state index contributed by atoms with van der Waals surface area (Å²) >= 11 is 1.63. The Balaban J connectivity index is 1.54. The molecule has 29 heavy (non-hydrogen) atoms. The number of rotatable bonds is 6. The Labute approximate surface area is 175 Å². The highest BCUT2D eigenvalue weighted by atomic mass is 32.1. The van der Waals surface area contributed by atoms with E-state index >= 15 is 0 Å². The van der Waals surface area contributed by atoms with E-state index in [1.54, 1.807) is 28.4 Å². The van der Waals surface area contributed by atoms with Crippen LogP contribution >= 0.6 is 11.3 Å². The van der Waals surface area contributed by atoms with E-state index in [0.29, 0.717) is 12.0 Å². The van der Waals surface area contributed by atoms with E-state index in [1.165, 1.54) is 5.56 Å². The van der Waals surface area contributed by atoms with Gasteiger partial charge in [-0.25, -0.2) is 0 Å². The molecular formula is C24H24N2O2S. The van der Waals surface area contributed by atoms with Crippen LogP contribution in [0.3, 0.4) is 0 Å². The maximum Gasteiger partial charge on any atom is 0.252 e. The molecule has 1 aliphatic heterocycles. The van der Waals surface area contributed by atoms with Crippen LogP contribution in [-0.2, 0) is 11.2 Å². The van der Waals surface area contributed by atoms with Crippen LogP contribution in [0, 0.1) is 0 Å². The molecular weight excluding hydrogens is 380 g/mol. The number of benzene rings is 2. The van der Waals surface area contributed by atoms with Crippen LogP contribution in [-0.4, -0.2) is 18.4 Å². The number of carbonyl (C=O) groups excluding carboxylic acids is 2. The fourth-order valence-corrected chi connectivity index (χ4v) is 4.45. The van der Waals surface area contributed by atoms with Crippen LogP contribution in [0.5, 0.6) is 0 Å². The van der Waals surface area contributed by atoms with Gasteiger partial charge in [-0.2, -0.15) is 0 Å². The first-order chi connectivity index (χ1) is 14.2. The predicted octanol–water partition coefficient (Wildman–Crippen LogP) is 4.96. The van der Waals surface area contributed by atoms with Gasteiger partial charge >= 0.3 is 0 Å². The molecule has 2 aromatic carbocycles. The first-order valence-electron chi connectivity index (χ1n) is 9.99. The Morgan fingerprint density at radius 1 is 1.10 bits per heavy atom. The lowest BCUT2D eigenvalue weighted by Crippen LogP contribution is -2.29. The number of aryl methyl sites for hydroxylation is 1. The zero-order valence-corrected chi connectivity index (χ0v) is 17.2. The molecule has 0 radical (unpaired) electrons. The summed E-state index contributed by atoms with van der Waals surface area (Å²) in [5.74, 6) is 0.0257. The lowest BCUT2D eigenvalue weighted by atomic mass is 10.0. The third-order valence-electron chi connectivity index (χ3n) is 5.34. The first kappa shape index (κ1) is 19.4. The fourth-order valence-electron chi connectivity index (χ4n) is 3.65. The van der Waals surface area contributed by atoms with Crippen molar-refractivity contribution in [2.45, 2.75) is 32.2 Å². The van der Waals surface area contributed by atoms with E-state index in [0.717, 1.165) is 35.5 Å². The van der Waals surface area contributed by atoms with Crippen molar-refractivity contribution >= 4 is 28.8 Å². The maximum absolute atomic E-state index is 13.0. The zero-order valence-electron chi connectivity index (χ0n) is 16.4. The van der Waals surface area contributed by atoms with E-state index < -0.39 is 0 Å². The Hall–Kier alpha value is -2.92. The summed E-state index contributed by atoms with van der Waals surface area (Å²) in [5.41, 5.74) is 3.79. The summed E-state index contributed by atoms with van der Waals surface area (Å²) in [5, 5.41) is 5.20. The van der Waals surface area contributed by atoms with Gasteiger partial charge < -0.3 is 10.2 Å². The summed E-state index contributed by atoms with van der Waals surface area (Å²) in [6.07, 6.45) is 2.48. The highest BCUT2D eigenvalue weighted by Crippen LogP contribution is 2.27. The first-order valence-corrected chi connectivity index (χ1v) is 10.9. The molecule has 1 unspecified atom stereocenters. The fraction of sp³-hybridized carbons (Fsp3) is 0.250. The third-order valence-corrected chi connectivity index (χ3v) is 6.28. The molecule has 148 valence electrons. The average Bonchev–Trinajstić information content (AvgIpc) is 3.44. The molecule has 2 amide bonds. The summed E-state index contributed by atoms with van der Waals surface area (Å²) < 4.78 is 0. The molecule has 3 aromatic rings. The Morgan fingerprint density at radius 3 is 2.45 bits per heavy atom. The van der Waals surface area contributed by atoms with Gasteiger partial charge in [-0.3, -0.25) is 9.59 Å². The standard InChI is InChI=1S/C24H24N2O2S/c1-2-17-7-9-18(10-8-17)23(21-5-4-16-29-21)25-24(28)19-11-13-20(14-12-19)26-15-3-6-22(26)27/h4-5,7-14,16,23H,2-3,6,15H2,1H3,(H,25,28). The second-order valence-corrected chi connectivity index (χ2v) is 8.19. The van der Waals surface area contributed by atoms with Gasteiger partial charge in [0, 0.05) is 29.1 Å². The van der Waals surface area contributed by atoms with Gasteiger partial charge in [-0.15, -0.1) is 11.3 Å². The number of nitrogens with zero attached hydrogens (tertiary/aromatic N) is 1. The van der Waals surface area contributed by atoms with E-state index in [1.807, 2.05) is 29.6 Å². The minimum absolute atomic E-state index is 0.123. The molecule has 1 fully saturated rings. The Kier molecular flexibility index (Phi) is 5.76. The van der Waals surface area contributed by atoms with Gasteiger partial charge in [-0.05, 0) is 59.7 Å². The number of thiophene rings is 1. The second-order valence-electron chi connectivity index (χ2n) is 7.21. The topological polar surface area (TPSA) is 49.4 Å². The van der Waals surface area contributed by atoms with Crippen LogP contribution in [0.25, 0.3) is 0 Å². The molecule has 2 heterocycles. The second kappa shape index (κ2) is 8.62. The molecule has 4 nitrogen and oxygen atoms in total. The Bertz CT molecular complexity index is 979. The van der Waals surface area contributed by atoms with Gasteiger partial charge in [0.15, 0.2) is 0 Å². The SMILES string of the molecule is CCc1ccc(C(NC(=O)c2ccc(N3CCCC3=O)cc2)c2cccs2)cc1. The maximum atomic E-state index is 13.0. The highest BCUT2D eigenvalue weighted by Gasteiger charge is 2.22. The van der Waals surface area contributed by atoms with E-state index in [4.69, 9.17) is 0 Å². The van der Waals surface area contributed by atoms with Crippen LogP contribution in [0.15, 0.2) is 66.0 Å². The van der Waals surface area contributed by atoms with Crippen molar-refractivity contribution < 1.29 is 9.59 Å². The number of nitrogens with one attached hydrogen (secondary N) is 1. The van der Waals surface area contributed by atoms with Gasteiger partial charge in [-0.1, -0.05) is 37.3 Å². The predicted molar refractivity (Wildman–Crippen MR) is 117 cm³/mol. The molecule has 0 bridgehead atoms. The molecule has 1 N–H and O–H groups in total. The largest absolute Gasteiger partial charge is 0.340 e. The van der Waals surface area contributed by atoms with Gasteiger partial charge in [0.05, 0.1) is 6.04 Å². The summed E-state index contributed by atoms with van der Waals surface area (Å²) in [6.45, 7) is 2.88. The van der Waals surface area contributed by atoms with Crippen molar-refractivity contribution in [1.82, 2.24) is 5.32 Å². The van der Waals surface area contributed by atoms with Crippen LogP contribution in [0.4, 0.5) is 5.69 Å². The van der Waals surface area contributed by atoms with Crippen molar-refractivity contribution in [2.75, 3.05) is 11.4 Å². The molecule has 0 aliphatic carbocycles. The third kappa shape index (κ3) is 4.25. The van der Waals surface area contributed by atoms with E-state index in [2.05, 4.69) is 36.5 Å². The molecule has 1 aliphatic rings. The van der Waals surface area contributed by atoms with Crippen molar-refractivity contribution in [2.24, 2.45) is 0 Å². The van der Waals surface area contributed by atoms with Crippen LogP contribution in [0.1, 0.15) is 52.2 Å². The number of carbonyl (C=O) groups is 2. The lowest BCUT2D eigenvalue weighted by Gasteiger charge is -2.19. The van der Waals surface area contributed by atoms with Gasteiger partial charge in [0.1, 0.15) is 0 Å². The van der Waals surface area contributed by atoms with Crippen molar-refractivity contribution in [3.63, 3.8) is 0 Å². The van der Waals surface area contributed by atoms with Crippen molar-refractivity contribution in [1.29, 1.82) is 0 Å². The van der Waals surface area contributed by atoms with Crippen molar-refractivity contribution in [3.8, 4) is 0 Å². The molecule has 5 heteroatoms. The molecule has 0 spiro atoms. The van der Waals surface area contributed by atoms with E-state index in [9.17, 15) is 9.59 Å². The molecule has 0 saturated carbocycles. The highest BCUT2D eigenvalue weighted by molar-refractivity contribution is 7.10. The Morgan fingerprint density at radius 2 is 1.86 bits per heavy atom. The number of amides is 2. The number of hydrogen-bond donors (Lipinski definition) is 1. The smallest absolute Gasteiger partial charge is 0.252 e. The summed E-state index contributed by atoms with van der Waals surface area (Å²) in [4.78, 5) is 27.8. The normalized spacial score (nSPS) is 14.8. The van der Waals surface area contributed by atoms with Crippen molar-refractivity contribution in [3.05, 3.63) is 87.6 Å². The van der Waals surface area contributed by atoms with Crippen LogP contribution in [0.2, 0.25) is 0 Å². The molecule has 1 saturated heterocycles. The minimum Gasteiger partial charge on any atom is -0.340 e. The quantitative estimate of drug-likeness (QED) is 0.631. The monoisotopic (exact) mass is 404 g/mol. The lowest BCUT2D eigenvalue weighted by molar-refractivity contribution is -0.117. The molecule has 1 aromatic heterocycles. The summed E-state index contributed by atoms with van der Waals surface area (Å²) in [6, 6.07) is 19.6.